The van der Waals surface area contributed by atoms with Gasteiger partial charge in [-0.2, -0.15) is 0 Å². The Morgan fingerprint density at radius 1 is 1.39 bits per heavy atom. The second kappa shape index (κ2) is 6.99. The van der Waals surface area contributed by atoms with E-state index in [0.29, 0.717) is 17.9 Å². The van der Waals surface area contributed by atoms with Gasteiger partial charge in [0.15, 0.2) is 0 Å². The molecule has 0 aromatic carbocycles. The van der Waals surface area contributed by atoms with Crippen LogP contribution in [0.2, 0.25) is 0 Å². The normalized spacial score (nSPS) is 10.7. The summed E-state index contributed by atoms with van der Waals surface area (Å²) in [7, 11) is 0. The quantitative estimate of drug-likeness (QED) is 0.761. The summed E-state index contributed by atoms with van der Waals surface area (Å²) in [6, 6.07) is 3.36. The van der Waals surface area contributed by atoms with Crippen molar-refractivity contribution in [1.82, 2.24) is 10.3 Å². The average molecular weight is 249 g/mol. The van der Waals surface area contributed by atoms with E-state index in [0.717, 1.165) is 24.5 Å². The second-order valence-corrected chi connectivity index (χ2v) is 5.07. The molecule has 0 aliphatic rings. The van der Waals surface area contributed by atoms with Gasteiger partial charge < -0.3 is 11.1 Å². The van der Waals surface area contributed by atoms with Crippen molar-refractivity contribution in [3.8, 4) is 0 Å². The Morgan fingerprint density at radius 3 is 2.72 bits per heavy atom. The molecule has 0 atom stereocenters. The predicted molar refractivity (Wildman–Crippen MR) is 74.4 cm³/mol. The lowest BCUT2D eigenvalue weighted by Gasteiger charge is -2.07. The molecule has 0 aliphatic carbocycles. The lowest BCUT2D eigenvalue weighted by Crippen LogP contribution is -2.24. The number of carbonyl (C=O) groups excluding carboxylic acids is 1. The van der Waals surface area contributed by atoms with Crippen molar-refractivity contribution < 1.29 is 4.79 Å². The molecule has 0 aliphatic heterocycles. The summed E-state index contributed by atoms with van der Waals surface area (Å²) in [5.41, 5.74) is 6.97. The molecular weight excluding hydrogens is 226 g/mol. The number of carbonyl (C=O) groups is 1. The Morgan fingerprint density at radius 2 is 2.11 bits per heavy atom. The van der Waals surface area contributed by atoms with Crippen molar-refractivity contribution in [2.75, 3.05) is 12.3 Å². The van der Waals surface area contributed by atoms with Gasteiger partial charge >= 0.3 is 0 Å². The summed E-state index contributed by atoms with van der Waals surface area (Å²) in [5, 5.41) is 2.90. The molecule has 1 aromatic rings. The second-order valence-electron chi connectivity index (χ2n) is 5.07. The van der Waals surface area contributed by atoms with Crippen LogP contribution in [-0.2, 0) is 0 Å². The SMILES string of the molecule is Cc1cc(C(=O)NCCCCC(C)C)cc(N)n1. The summed E-state index contributed by atoms with van der Waals surface area (Å²) in [5.74, 6) is 1.04. The molecular formula is C14H23N3O. The van der Waals surface area contributed by atoms with E-state index in [-0.39, 0.29) is 5.91 Å². The monoisotopic (exact) mass is 249 g/mol. The van der Waals surface area contributed by atoms with Gasteiger partial charge in [-0.3, -0.25) is 4.79 Å². The average Bonchev–Trinajstić information content (AvgIpc) is 2.26. The van der Waals surface area contributed by atoms with E-state index < -0.39 is 0 Å². The number of aromatic nitrogens is 1. The van der Waals surface area contributed by atoms with E-state index in [1.807, 2.05) is 6.92 Å². The molecule has 0 spiro atoms. The van der Waals surface area contributed by atoms with Crippen LogP contribution >= 0.6 is 0 Å². The predicted octanol–water partition coefficient (Wildman–Crippen LogP) is 2.53. The molecule has 1 aromatic heterocycles. The van der Waals surface area contributed by atoms with Gasteiger partial charge in [0.25, 0.3) is 5.91 Å². The lowest BCUT2D eigenvalue weighted by molar-refractivity contribution is 0.0952. The van der Waals surface area contributed by atoms with Crippen molar-refractivity contribution in [3.63, 3.8) is 0 Å². The van der Waals surface area contributed by atoms with E-state index in [1.165, 1.54) is 6.42 Å². The number of hydrogen-bond acceptors (Lipinski definition) is 3. The van der Waals surface area contributed by atoms with E-state index >= 15 is 0 Å². The molecule has 0 saturated carbocycles. The molecule has 0 fully saturated rings. The van der Waals surface area contributed by atoms with Crippen LogP contribution in [0, 0.1) is 12.8 Å². The van der Waals surface area contributed by atoms with Gasteiger partial charge in [0.2, 0.25) is 0 Å². The van der Waals surface area contributed by atoms with Gasteiger partial charge in [0, 0.05) is 17.8 Å². The number of rotatable bonds is 6. The highest BCUT2D eigenvalue weighted by molar-refractivity contribution is 5.94. The van der Waals surface area contributed by atoms with Crippen LogP contribution in [0.25, 0.3) is 0 Å². The number of nitrogens with one attached hydrogen (secondary N) is 1. The molecule has 1 heterocycles. The zero-order valence-electron chi connectivity index (χ0n) is 11.5. The molecule has 0 unspecified atom stereocenters. The van der Waals surface area contributed by atoms with Gasteiger partial charge in [0.1, 0.15) is 5.82 Å². The molecule has 18 heavy (non-hydrogen) atoms. The molecule has 0 radical (unpaired) electrons. The van der Waals surface area contributed by atoms with Crippen LogP contribution < -0.4 is 11.1 Å². The van der Waals surface area contributed by atoms with E-state index in [9.17, 15) is 4.79 Å². The summed E-state index contributed by atoms with van der Waals surface area (Å²) in [4.78, 5) is 15.9. The third-order valence-electron chi connectivity index (χ3n) is 2.73. The Hall–Kier alpha value is -1.58. The first-order valence-electron chi connectivity index (χ1n) is 6.51. The van der Waals surface area contributed by atoms with Gasteiger partial charge in [0.05, 0.1) is 0 Å². The van der Waals surface area contributed by atoms with E-state index in [2.05, 4.69) is 24.1 Å². The molecule has 1 amide bonds. The Balaban J connectivity index is 2.36. The fourth-order valence-electron chi connectivity index (χ4n) is 1.81. The van der Waals surface area contributed by atoms with Crippen LogP contribution in [0.5, 0.6) is 0 Å². The van der Waals surface area contributed by atoms with Crippen molar-refractivity contribution in [3.05, 3.63) is 23.4 Å². The number of unbranched alkanes of at least 4 members (excludes halogenated alkanes) is 1. The number of nitrogens with zero attached hydrogens (tertiary/aromatic N) is 1. The van der Waals surface area contributed by atoms with Crippen molar-refractivity contribution in [2.45, 2.75) is 40.0 Å². The summed E-state index contributed by atoms with van der Waals surface area (Å²) < 4.78 is 0. The minimum Gasteiger partial charge on any atom is -0.384 e. The largest absolute Gasteiger partial charge is 0.384 e. The fourth-order valence-corrected chi connectivity index (χ4v) is 1.81. The van der Waals surface area contributed by atoms with E-state index in [1.54, 1.807) is 12.1 Å². The first kappa shape index (κ1) is 14.5. The van der Waals surface area contributed by atoms with E-state index in [4.69, 9.17) is 5.73 Å². The van der Waals surface area contributed by atoms with Gasteiger partial charge in [-0.25, -0.2) is 4.98 Å². The number of nitrogen functional groups attached to an aromatic ring is 1. The third-order valence-corrected chi connectivity index (χ3v) is 2.73. The lowest BCUT2D eigenvalue weighted by atomic mass is 10.1. The molecule has 0 saturated heterocycles. The van der Waals surface area contributed by atoms with Gasteiger partial charge in [-0.05, 0) is 31.4 Å². The van der Waals surface area contributed by atoms with Gasteiger partial charge in [-0.15, -0.1) is 0 Å². The number of aryl methyl sites for hydroxylation is 1. The molecule has 1 rings (SSSR count). The van der Waals surface area contributed by atoms with Gasteiger partial charge in [-0.1, -0.05) is 26.7 Å². The molecule has 3 N–H and O–H groups in total. The zero-order valence-corrected chi connectivity index (χ0v) is 11.5. The maximum atomic E-state index is 11.9. The highest BCUT2D eigenvalue weighted by Gasteiger charge is 2.06. The van der Waals surface area contributed by atoms with Crippen molar-refractivity contribution in [1.29, 1.82) is 0 Å². The summed E-state index contributed by atoms with van der Waals surface area (Å²) in [6.07, 6.45) is 3.37. The summed E-state index contributed by atoms with van der Waals surface area (Å²) >= 11 is 0. The zero-order chi connectivity index (χ0) is 13.5. The maximum absolute atomic E-state index is 11.9. The van der Waals surface area contributed by atoms with Crippen molar-refractivity contribution >= 4 is 11.7 Å². The highest BCUT2D eigenvalue weighted by atomic mass is 16.1. The molecule has 100 valence electrons. The van der Waals surface area contributed by atoms with Crippen molar-refractivity contribution in [2.24, 2.45) is 5.92 Å². The number of nitrogens with two attached hydrogens (primary N) is 1. The number of hydrogen-bond donors (Lipinski definition) is 2. The number of anilines is 1. The summed E-state index contributed by atoms with van der Waals surface area (Å²) in [6.45, 7) is 6.96. The first-order chi connectivity index (χ1) is 8.49. The fraction of sp³-hybridized carbons (Fsp3) is 0.571. The smallest absolute Gasteiger partial charge is 0.251 e. The maximum Gasteiger partial charge on any atom is 0.251 e. The Labute approximate surface area is 109 Å². The third kappa shape index (κ3) is 5.17. The Kier molecular flexibility index (Phi) is 5.62. The number of pyridine rings is 1. The minimum atomic E-state index is -0.0725. The topological polar surface area (TPSA) is 68.0 Å². The van der Waals surface area contributed by atoms with Crippen LogP contribution in [0.3, 0.4) is 0 Å². The molecule has 4 nitrogen and oxygen atoms in total. The first-order valence-corrected chi connectivity index (χ1v) is 6.51. The highest BCUT2D eigenvalue weighted by Crippen LogP contribution is 2.08. The molecule has 4 heteroatoms. The molecule has 0 bridgehead atoms. The minimum absolute atomic E-state index is 0.0725. The Bertz CT molecular complexity index is 382. The van der Waals surface area contributed by atoms with Crippen LogP contribution in [0.15, 0.2) is 12.1 Å². The van der Waals surface area contributed by atoms with Crippen LogP contribution in [0.4, 0.5) is 5.82 Å². The van der Waals surface area contributed by atoms with Crippen LogP contribution in [0.1, 0.15) is 49.2 Å². The van der Waals surface area contributed by atoms with Crippen LogP contribution in [-0.4, -0.2) is 17.4 Å². The number of amides is 1. The standard InChI is InChI=1S/C14H23N3O/c1-10(2)6-4-5-7-16-14(18)12-8-11(3)17-13(15)9-12/h8-10H,4-7H2,1-3H3,(H2,15,17)(H,16,18).